The van der Waals surface area contributed by atoms with Crippen LogP contribution >= 0.6 is 0 Å². The molecule has 0 unspecified atom stereocenters. The number of rotatable bonds is 4. The Bertz CT molecular complexity index is 1060. The molecule has 150 valence electrons. The van der Waals surface area contributed by atoms with Crippen LogP contribution in [0.5, 0.6) is 11.5 Å². The minimum atomic E-state index is -0.00925. The van der Waals surface area contributed by atoms with Crippen molar-refractivity contribution in [3.05, 3.63) is 41.6 Å². The first-order valence-corrected chi connectivity index (χ1v) is 9.81. The Balaban J connectivity index is 1.16. The van der Waals surface area contributed by atoms with E-state index in [0.717, 1.165) is 48.7 Å². The lowest BCUT2D eigenvalue weighted by atomic mass is 9.96. The topological polar surface area (TPSA) is 89.7 Å². The second-order valence-corrected chi connectivity index (χ2v) is 7.44. The molecule has 8 heteroatoms. The fourth-order valence-corrected chi connectivity index (χ4v) is 3.75. The quantitative estimate of drug-likeness (QED) is 0.728. The molecule has 5 rings (SSSR count). The molecule has 1 fully saturated rings. The fraction of sp³-hybridized carbons (Fsp3) is 0.381. The molecule has 1 aromatic carbocycles. The number of nitrogens with one attached hydrogen (secondary N) is 1. The molecule has 0 atom stereocenters. The summed E-state index contributed by atoms with van der Waals surface area (Å²) in [6.45, 7) is 4.12. The second-order valence-electron chi connectivity index (χ2n) is 7.44. The molecule has 0 radical (unpaired) electrons. The number of ether oxygens (including phenoxy) is 2. The molecule has 0 saturated carbocycles. The standard InChI is InChI=1S/C21H22N4O4/c1-13-2-4-17-19(23-13)24-21(29-17)25-8-6-15(7-9-25)20(26)22-11-14-3-5-16-18(10-14)28-12-27-16/h2-5,10,15H,6-9,11-12H2,1H3,(H,22,26). The summed E-state index contributed by atoms with van der Waals surface area (Å²) in [5.41, 5.74) is 3.22. The number of pyridine rings is 1. The van der Waals surface area contributed by atoms with Gasteiger partial charge in [-0.2, -0.15) is 4.98 Å². The summed E-state index contributed by atoms with van der Waals surface area (Å²) in [7, 11) is 0. The summed E-state index contributed by atoms with van der Waals surface area (Å²) < 4.78 is 16.5. The van der Waals surface area contributed by atoms with E-state index in [2.05, 4.69) is 20.2 Å². The predicted octanol–water partition coefficient (Wildman–Crippen LogP) is 2.79. The van der Waals surface area contributed by atoms with Gasteiger partial charge in [-0.15, -0.1) is 0 Å². The largest absolute Gasteiger partial charge is 0.454 e. The lowest BCUT2D eigenvalue weighted by molar-refractivity contribution is -0.125. The SMILES string of the molecule is Cc1ccc2oc(N3CCC(C(=O)NCc4ccc5c(c4)OCO5)CC3)nc2n1. The van der Waals surface area contributed by atoms with Crippen molar-refractivity contribution >= 4 is 23.2 Å². The van der Waals surface area contributed by atoms with E-state index in [1.807, 2.05) is 37.3 Å². The van der Waals surface area contributed by atoms with Crippen molar-refractivity contribution in [2.24, 2.45) is 5.92 Å². The number of hydrogen-bond donors (Lipinski definition) is 1. The molecule has 1 saturated heterocycles. The van der Waals surface area contributed by atoms with Crippen LogP contribution in [0.15, 0.2) is 34.7 Å². The smallest absolute Gasteiger partial charge is 0.299 e. The molecule has 0 bridgehead atoms. The number of benzene rings is 1. The van der Waals surface area contributed by atoms with E-state index in [1.165, 1.54) is 0 Å². The number of anilines is 1. The van der Waals surface area contributed by atoms with E-state index >= 15 is 0 Å². The second kappa shape index (κ2) is 7.27. The maximum Gasteiger partial charge on any atom is 0.299 e. The minimum Gasteiger partial charge on any atom is -0.454 e. The van der Waals surface area contributed by atoms with Crippen LogP contribution in [-0.2, 0) is 11.3 Å². The van der Waals surface area contributed by atoms with Gasteiger partial charge in [0.1, 0.15) is 0 Å². The van der Waals surface area contributed by atoms with Gasteiger partial charge in [-0.3, -0.25) is 4.79 Å². The first kappa shape index (κ1) is 17.8. The molecule has 1 amide bonds. The molecule has 0 spiro atoms. The van der Waals surface area contributed by atoms with Crippen molar-refractivity contribution in [3.8, 4) is 11.5 Å². The number of fused-ring (bicyclic) bond motifs is 2. The predicted molar refractivity (Wildman–Crippen MR) is 106 cm³/mol. The van der Waals surface area contributed by atoms with Crippen molar-refractivity contribution in [2.75, 3.05) is 24.8 Å². The van der Waals surface area contributed by atoms with E-state index in [9.17, 15) is 4.79 Å². The lowest BCUT2D eigenvalue weighted by Gasteiger charge is -2.30. The highest BCUT2D eigenvalue weighted by Crippen LogP contribution is 2.32. The van der Waals surface area contributed by atoms with E-state index < -0.39 is 0 Å². The Hall–Kier alpha value is -3.29. The Morgan fingerprint density at radius 3 is 2.83 bits per heavy atom. The number of hydrogen-bond acceptors (Lipinski definition) is 7. The van der Waals surface area contributed by atoms with Crippen LogP contribution < -0.4 is 19.7 Å². The molecule has 8 nitrogen and oxygen atoms in total. The number of aromatic nitrogens is 2. The number of carbonyl (C=O) groups is 1. The Morgan fingerprint density at radius 1 is 1.14 bits per heavy atom. The summed E-state index contributed by atoms with van der Waals surface area (Å²) in [5.74, 6) is 1.55. The third-order valence-corrected chi connectivity index (χ3v) is 5.42. The monoisotopic (exact) mass is 394 g/mol. The van der Waals surface area contributed by atoms with E-state index in [1.54, 1.807) is 0 Å². The highest BCUT2D eigenvalue weighted by Gasteiger charge is 2.27. The van der Waals surface area contributed by atoms with Gasteiger partial charge in [0.05, 0.1) is 0 Å². The maximum absolute atomic E-state index is 12.6. The van der Waals surface area contributed by atoms with Crippen molar-refractivity contribution in [2.45, 2.75) is 26.3 Å². The van der Waals surface area contributed by atoms with Gasteiger partial charge in [0.15, 0.2) is 17.1 Å². The van der Waals surface area contributed by atoms with Gasteiger partial charge in [-0.05, 0) is 49.6 Å². The normalized spacial score (nSPS) is 16.4. The van der Waals surface area contributed by atoms with Crippen LogP contribution in [-0.4, -0.2) is 35.8 Å². The molecule has 4 heterocycles. The fourth-order valence-electron chi connectivity index (χ4n) is 3.75. The maximum atomic E-state index is 12.6. The van der Waals surface area contributed by atoms with E-state index in [4.69, 9.17) is 13.9 Å². The summed E-state index contributed by atoms with van der Waals surface area (Å²) in [6, 6.07) is 10.1. The van der Waals surface area contributed by atoms with Crippen LogP contribution in [0.3, 0.4) is 0 Å². The van der Waals surface area contributed by atoms with Crippen LogP contribution in [0.1, 0.15) is 24.1 Å². The first-order chi connectivity index (χ1) is 14.2. The van der Waals surface area contributed by atoms with Gasteiger partial charge >= 0.3 is 0 Å². The van der Waals surface area contributed by atoms with E-state index in [-0.39, 0.29) is 18.6 Å². The third-order valence-electron chi connectivity index (χ3n) is 5.42. The zero-order valence-corrected chi connectivity index (χ0v) is 16.2. The molecule has 3 aromatic rings. The van der Waals surface area contributed by atoms with E-state index in [0.29, 0.717) is 23.8 Å². The zero-order chi connectivity index (χ0) is 19.8. The minimum absolute atomic E-state index is 0.00925. The molecule has 0 aliphatic carbocycles. The number of aryl methyl sites for hydroxylation is 1. The lowest BCUT2D eigenvalue weighted by Crippen LogP contribution is -2.40. The Kier molecular flexibility index (Phi) is 4.46. The van der Waals surface area contributed by atoms with Crippen molar-refractivity contribution in [3.63, 3.8) is 0 Å². The van der Waals surface area contributed by atoms with Crippen LogP contribution in [0.25, 0.3) is 11.2 Å². The van der Waals surface area contributed by atoms with Gasteiger partial charge < -0.3 is 24.1 Å². The molecule has 1 N–H and O–H groups in total. The van der Waals surface area contributed by atoms with Crippen molar-refractivity contribution in [1.82, 2.24) is 15.3 Å². The van der Waals surface area contributed by atoms with Crippen molar-refractivity contribution in [1.29, 1.82) is 0 Å². The Morgan fingerprint density at radius 2 is 1.97 bits per heavy atom. The average molecular weight is 394 g/mol. The Labute approximate surface area is 167 Å². The number of carbonyl (C=O) groups excluding carboxylic acids is 1. The first-order valence-electron chi connectivity index (χ1n) is 9.81. The summed E-state index contributed by atoms with van der Waals surface area (Å²) in [6.07, 6.45) is 1.52. The van der Waals surface area contributed by atoms with Gasteiger partial charge in [0, 0.05) is 31.2 Å². The number of oxazole rings is 1. The van der Waals surface area contributed by atoms with Gasteiger partial charge in [-0.25, -0.2) is 4.98 Å². The molecule has 2 aliphatic heterocycles. The molecule has 29 heavy (non-hydrogen) atoms. The van der Waals surface area contributed by atoms with Gasteiger partial charge in [0.25, 0.3) is 6.01 Å². The number of amides is 1. The van der Waals surface area contributed by atoms with Gasteiger partial charge in [-0.1, -0.05) is 6.07 Å². The molecular weight excluding hydrogens is 372 g/mol. The zero-order valence-electron chi connectivity index (χ0n) is 16.2. The number of piperidine rings is 1. The van der Waals surface area contributed by atoms with Gasteiger partial charge in [0.2, 0.25) is 18.3 Å². The summed E-state index contributed by atoms with van der Waals surface area (Å²) >= 11 is 0. The molecule has 2 aromatic heterocycles. The highest BCUT2D eigenvalue weighted by molar-refractivity contribution is 5.79. The molecule has 2 aliphatic rings. The summed E-state index contributed by atoms with van der Waals surface area (Å²) in [5, 5.41) is 3.04. The van der Waals surface area contributed by atoms with Crippen LogP contribution in [0.4, 0.5) is 6.01 Å². The molecular formula is C21H22N4O4. The third kappa shape index (κ3) is 3.57. The van der Waals surface area contributed by atoms with Crippen LogP contribution in [0, 0.1) is 12.8 Å². The van der Waals surface area contributed by atoms with Crippen LogP contribution in [0.2, 0.25) is 0 Å². The highest BCUT2D eigenvalue weighted by atomic mass is 16.7. The number of nitrogens with zero attached hydrogens (tertiary/aromatic N) is 3. The summed E-state index contributed by atoms with van der Waals surface area (Å²) in [4.78, 5) is 23.6. The van der Waals surface area contributed by atoms with Crippen molar-refractivity contribution < 1.29 is 18.7 Å². The average Bonchev–Trinajstić information content (AvgIpc) is 3.38.